The maximum absolute atomic E-state index is 8.78. The normalized spacial score (nSPS) is 9.00. The Morgan fingerprint density at radius 3 is 2.71 bits per heavy atom. The van der Waals surface area contributed by atoms with Crippen molar-refractivity contribution in [1.82, 2.24) is 4.98 Å². The van der Waals surface area contributed by atoms with Crippen LogP contribution in [0.3, 0.4) is 0 Å². The molecule has 6 heteroatoms. The monoisotopic (exact) mass is 205 g/mol. The number of pyridine rings is 1. The SMILES string of the molecule is N#CCSc1nc(N)cc(N)c1C#N. The molecule has 0 fully saturated rings. The number of anilines is 2. The van der Waals surface area contributed by atoms with Gasteiger partial charge in [-0.1, -0.05) is 11.8 Å². The van der Waals surface area contributed by atoms with Gasteiger partial charge in [-0.2, -0.15) is 10.5 Å². The molecular weight excluding hydrogens is 198 g/mol. The number of nitrogen functional groups attached to an aromatic ring is 2. The minimum Gasteiger partial charge on any atom is -0.397 e. The van der Waals surface area contributed by atoms with E-state index in [-0.39, 0.29) is 17.1 Å². The molecule has 0 aliphatic carbocycles. The molecule has 0 aromatic carbocycles. The summed E-state index contributed by atoms with van der Waals surface area (Å²) in [4.78, 5) is 3.93. The van der Waals surface area contributed by atoms with Crippen LogP contribution in [0.1, 0.15) is 5.56 Å². The van der Waals surface area contributed by atoms with Crippen LogP contribution < -0.4 is 11.5 Å². The Hall–Kier alpha value is -1.92. The Bertz CT molecular complexity index is 429. The first-order valence-electron chi connectivity index (χ1n) is 3.65. The molecule has 0 saturated heterocycles. The van der Waals surface area contributed by atoms with E-state index in [1.54, 1.807) is 0 Å². The van der Waals surface area contributed by atoms with Crippen molar-refractivity contribution in [3.05, 3.63) is 11.6 Å². The Kier molecular flexibility index (Phi) is 3.16. The zero-order chi connectivity index (χ0) is 10.6. The highest BCUT2D eigenvalue weighted by Gasteiger charge is 2.09. The Balaban J connectivity index is 3.14. The quantitative estimate of drug-likeness (QED) is 0.688. The predicted molar refractivity (Wildman–Crippen MR) is 54.1 cm³/mol. The summed E-state index contributed by atoms with van der Waals surface area (Å²) in [6, 6.07) is 5.29. The molecule has 0 radical (unpaired) electrons. The van der Waals surface area contributed by atoms with Crippen LogP contribution in [0.25, 0.3) is 0 Å². The number of thioether (sulfide) groups is 1. The van der Waals surface area contributed by atoms with Crippen LogP contribution in [0.5, 0.6) is 0 Å². The maximum Gasteiger partial charge on any atom is 0.126 e. The minimum atomic E-state index is 0.213. The maximum atomic E-state index is 8.78. The van der Waals surface area contributed by atoms with Gasteiger partial charge >= 0.3 is 0 Å². The molecule has 4 N–H and O–H groups in total. The van der Waals surface area contributed by atoms with Crippen molar-refractivity contribution in [1.29, 1.82) is 10.5 Å². The third-order valence-electron chi connectivity index (χ3n) is 1.42. The van der Waals surface area contributed by atoms with Gasteiger partial charge in [0.15, 0.2) is 0 Å². The van der Waals surface area contributed by atoms with Gasteiger partial charge in [-0.3, -0.25) is 0 Å². The van der Waals surface area contributed by atoms with Crippen LogP contribution in [0.15, 0.2) is 11.1 Å². The van der Waals surface area contributed by atoms with Gasteiger partial charge in [0.25, 0.3) is 0 Å². The summed E-state index contributed by atoms with van der Waals surface area (Å²) in [5.41, 5.74) is 11.6. The average molecular weight is 205 g/mol. The van der Waals surface area contributed by atoms with E-state index in [1.165, 1.54) is 6.07 Å². The fourth-order valence-electron chi connectivity index (χ4n) is 0.878. The molecule has 0 bridgehead atoms. The first-order chi connectivity index (χ1) is 6.69. The van der Waals surface area contributed by atoms with Gasteiger partial charge in [-0.05, 0) is 0 Å². The van der Waals surface area contributed by atoms with E-state index in [4.69, 9.17) is 22.0 Å². The number of nitriles is 2. The van der Waals surface area contributed by atoms with Crippen molar-refractivity contribution in [2.24, 2.45) is 0 Å². The van der Waals surface area contributed by atoms with Crippen molar-refractivity contribution in [2.75, 3.05) is 17.2 Å². The fourth-order valence-corrected chi connectivity index (χ4v) is 1.56. The van der Waals surface area contributed by atoms with Gasteiger partial charge in [-0.25, -0.2) is 4.98 Å². The Morgan fingerprint density at radius 2 is 2.14 bits per heavy atom. The van der Waals surface area contributed by atoms with E-state index in [0.29, 0.717) is 10.7 Å². The summed E-state index contributed by atoms with van der Waals surface area (Å²) in [5.74, 6) is 0.465. The summed E-state index contributed by atoms with van der Waals surface area (Å²) in [6.45, 7) is 0. The molecule has 0 amide bonds. The van der Waals surface area contributed by atoms with Crippen LogP contribution in [0.2, 0.25) is 0 Å². The van der Waals surface area contributed by atoms with Crippen LogP contribution in [0, 0.1) is 22.7 Å². The van der Waals surface area contributed by atoms with E-state index < -0.39 is 0 Å². The summed E-state index contributed by atoms with van der Waals surface area (Å²) in [6.07, 6.45) is 0. The predicted octanol–water partition coefficient (Wildman–Crippen LogP) is 0.733. The molecule has 70 valence electrons. The van der Waals surface area contributed by atoms with Gasteiger partial charge in [0.2, 0.25) is 0 Å². The van der Waals surface area contributed by atoms with Gasteiger partial charge in [0.1, 0.15) is 22.5 Å². The topological polar surface area (TPSA) is 113 Å². The first-order valence-corrected chi connectivity index (χ1v) is 4.63. The molecule has 0 saturated carbocycles. The van der Waals surface area contributed by atoms with Crippen LogP contribution in [-0.4, -0.2) is 10.7 Å². The van der Waals surface area contributed by atoms with E-state index in [2.05, 4.69) is 4.98 Å². The summed E-state index contributed by atoms with van der Waals surface area (Å²) in [7, 11) is 0. The lowest BCUT2D eigenvalue weighted by Crippen LogP contribution is -2.00. The van der Waals surface area contributed by atoms with Gasteiger partial charge in [0, 0.05) is 6.07 Å². The van der Waals surface area contributed by atoms with Crippen LogP contribution >= 0.6 is 11.8 Å². The second kappa shape index (κ2) is 4.35. The molecule has 0 atom stereocenters. The molecule has 1 rings (SSSR count). The highest BCUT2D eigenvalue weighted by molar-refractivity contribution is 7.99. The molecular formula is C8H7N5S. The van der Waals surface area contributed by atoms with Gasteiger partial charge < -0.3 is 11.5 Å². The number of rotatable bonds is 2. The first kappa shape index (κ1) is 10.2. The van der Waals surface area contributed by atoms with Crippen molar-refractivity contribution in [3.8, 4) is 12.1 Å². The van der Waals surface area contributed by atoms with E-state index in [0.717, 1.165) is 11.8 Å². The molecule has 0 aliphatic heterocycles. The third-order valence-corrected chi connectivity index (χ3v) is 2.26. The molecule has 1 aromatic rings. The van der Waals surface area contributed by atoms with E-state index in [1.807, 2.05) is 12.1 Å². The highest BCUT2D eigenvalue weighted by atomic mass is 32.2. The number of hydrogen-bond donors (Lipinski definition) is 2. The van der Waals surface area contributed by atoms with E-state index >= 15 is 0 Å². The van der Waals surface area contributed by atoms with Crippen molar-refractivity contribution in [2.45, 2.75) is 5.03 Å². The number of nitrogens with two attached hydrogens (primary N) is 2. The average Bonchev–Trinajstić information content (AvgIpc) is 2.14. The smallest absolute Gasteiger partial charge is 0.126 e. The Labute approximate surface area is 85.3 Å². The zero-order valence-corrected chi connectivity index (χ0v) is 8.01. The number of aromatic nitrogens is 1. The number of nitrogens with zero attached hydrogens (tertiary/aromatic N) is 3. The summed E-state index contributed by atoms with van der Waals surface area (Å²) < 4.78 is 0. The minimum absolute atomic E-state index is 0.213. The van der Waals surface area contributed by atoms with Gasteiger partial charge in [0.05, 0.1) is 17.5 Å². The van der Waals surface area contributed by atoms with E-state index in [9.17, 15) is 0 Å². The van der Waals surface area contributed by atoms with Crippen LogP contribution in [0.4, 0.5) is 11.5 Å². The lowest BCUT2D eigenvalue weighted by molar-refractivity contribution is 1.13. The van der Waals surface area contributed by atoms with Crippen LogP contribution in [-0.2, 0) is 0 Å². The van der Waals surface area contributed by atoms with Crippen molar-refractivity contribution >= 4 is 23.3 Å². The molecule has 14 heavy (non-hydrogen) atoms. The summed E-state index contributed by atoms with van der Waals surface area (Å²) >= 11 is 1.15. The molecule has 5 nitrogen and oxygen atoms in total. The summed E-state index contributed by atoms with van der Waals surface area (Å²) in [5, 5.41) is 17.6. The lowest BCUT2D eigenvalue weighted by Gasteiger charge is -2.04. The third kappa shape index (κ3) is 2.06. The zero-order valence-electron chi connectivity index (χ0n) is 7.19. The molecule has 1 heterocycles. The molecule has 1 aromatic heterocycles. The van der Waals surface area contributed by atoms with Gasteiger partial charge in [-0.15, -0.1) is 0 Å². The fraction of sp³-hybridized carbons (Fsp3) is 0.125. The Morgan fingerprint density at radius 1 is 1.43 bits per heavy atom. The number of hydrogen-bond acceptors (Lipinski definition) is 6. The highest BCUT2D eigenvalue weighted by Crippen LogP contribution is 2.25. The lowest BCUT2D eigenvalue weighted by atomic mass is 10.2. The second-order valence-corrected chi connectivity index (χ2v) is 3.34. The van der Waals surface area contributed by atoms with Crippen molar-refractivity contribution in [3.63, 3.8) is 0 Å². The second-order valence-electron chi connectivity index (χ2n) is 2.38. The largest absolute Gasteiger partial charge is 0.397 e. The standard InChI is InChI=1S/C8H7N5S/c9-1-2-14-8-5(4-10)6(11)3-7(12)13-8/h3H,2H2,(H4,11,12,13). The molecule has 0 unspecified atom stereocenters. The van der Waals surface area contributed by atoms with Crippen molar-refractivity contribution < 1.29 is 0 Å². The molecule has 0 aliphatic rings. The molecule has 0 spiro atoms.